The number of hydrogen-bond acceptors (Lipinski definition) is 4. The summed E-state index contributed by atoms with van der Waals surface area (Å²) in [6.07, 6.45) is 1.75. The Bertz CT molecular complexity index is 810. The van der Waals surface area contributed by atoms with Crippen LogP contribution < -0.4 is 0 Å². The highest BCUT2D eigenvalue weighted by atomic mass is 35.5. The Balaban J connectivity index is 1.95. The monoisotopic (exact) mass is 346 g/mol. The van der Waals surface area contributed by atoms with E-state index >= 15 is 0 Å². The predicted octanol–water partition coefficient (Wildman–Crippen LogP) is 4.87. The number of furan rings is 1. The highest BCUT2D eigenvalue weighted by Gasteiger charge is 2.32. The van der Waals surface area contributed by atoms with Gasteiger partial charge in [-0.05, 0) is 49.9 Å². The first kappa shape index (κ1) is 15.9. The van der Waals surface area contributed by atoms with Crippen molar-refractivity contribution in [3.05, 3.63) is 57.8 Å². The largest absolute Gasteiger partial charge is 0.462 e. The number of benzene rings is 1. The van der Waals surface area contributed by atoms with Crippen molar-refractivity contribution in [3.8, 4) is 0 Å². The second-order valence-corrected chi connectivity index (χ2v) is 6.37. The smallest absolute Gasteiger partial charge is 0.266 e. The topological polar surface area (TPSA) is 45.8 Å². The number of aryl methyl sites for hydroxylation is 1. The summed E-state index contributed by atoms with van der Waals surface area (Å²) in [6, 6.07) is 11.0. The van der Waals surface area contributed by atoms with Gasteiger partial charge < -0.3 is 4.42 Å². The Hall–Kier alpha value is -1.98. The van der Waals surface area contributed by atoms with Gasteiger partial charge in [0, 0.05) is 12.6 Å². The van der Waals surface area contributed by atoms with Crippen LogP contribution in [0.1, 0.15) is 18.4 Å². The van der Waals surface area contributed by atoms with Gasteiger partial charge in [-0.1, -0.05) is 23.7 Å². The van der Waals surface area contributed by atoms with Gasteiger partial charge in [-0.2, -0.15) is 0 Å². The molecule has 0 atom stereocenters. The summed E-state index contributed by atoms with van der Waals surface area (Å²) in [6.45, 7) is 4.33. The number of carbonyl (C=O) groups excluding carboxylic acids is 1. The van der Waals surface area contributed by atoms with Crippen molar-refractivity contribution >= 4 is 46.2 Å². The van der Waals surface area contributed by atoms with Crippen molar-refractivity contribution < 1.29 is 9.21 Å². The molecule has 0 spiro atoms. The van der Waals surface area contributed by atoms with Gasteiger partial charge in [0.1, 0.15) is 11.5 Å². The quantitative estimate of drug-likeness (QED) is 0.745. The molecule has 1 saturated heterocycles. The maximum absolute atomic E-state index is 12.5. The van der Waals surface area contributed by atoms with Crippen LogP contribution in [0.4, 0.5) is 5.69 Å². The Labute approximate surface area is 143 Å². The molecule has 0 aliphatic carbocycles. The summed E-state index contributed by atoms with van der Waals surface area (Å²) >= 11 is 7.48. The Kier molecular flexibility index (Phi) is 4.59. The molecule has 3 rings (SSSR count). The number of rotatable bonds is 3. The van der Waals surface area contributed by atoms with Crippen LogP contribution >= 0.6 is 23.4 Å². The Morgan fingerprint density at radius 2 is 2.09 bits per heavy atom. The van der Waals surface area contributed by atoms with Crippen molar-refractivity contribution in [2.24, 2.45) is 4.99 Å². The number of thioether (sulfide) groups is 1. The summed E-state index contributed by atoms with van der Waals surface area (Å²) in [7, 11) is 0. The molecule has 118 valence electrons. The van der Waals surface area contributed by atoms with E-state index < -0.39 is 0 Å². The van der Waals surface area contributed by atoms with Crippen LogP contribution in [0.2, 0.25) is 5.02 Å². The van der Waals surface area contributed by atoms with Crippen molar-refractivity contribution in [2.45, 2.75) is 13.8 Å². The van der Waals surface area contributed by atoms with Crippen molar-refractivity contribution in [2.75, 3.05) is 6.54 Å². The van der Waals surface area contributed by atoms with Crippen LogP contribution in [0.15, 0.2) is 50.7 Å². The molecule has 23 heavy (non-hydrogen) atoms. The molecule has 4 nitrogen and oxygen atoms in total. The van der Waals surface area contributed by atoms with E-state index in [0.717, 1.165) is 5.76 Å². The molecule has 2 aromatic rings. The molecule has 1 fully saturated rings. The number of aliphatic imine (C=N–C) groups is 1. The van der Waals surface area contributed by atoms with Gasteiger partial charge in [-0.15, -0.1) is 0 Å². The Morgan fingerprint density at radius 3 is 2.74 bits per heavy atom. The number of nitrogens with zero attached hydrogens (tertiary/aromatic N) is 2. The minimum atomic E-state index is -0.0719. The zero-order valence-electron chi connectivity index (χ0n) is 12.7. The lowest BCUT2D eigenvalue weighted by Crippen LogP contribution is -2.28. The van der Waals surface area contributed by atoms with Crippen LogP contribution in [-0.2, 0) is 4.79 Å². The maximum atomic E-state index is 12.5. The second kappa shape index (κ2) is 6.64. The van der Waals surface area contributed by atoms with Gasteiger partial charge in [0.25, 0.3) is 5.91 Å². The molecule has 1 aliphatic rings. The molecule has 0 radical (unpaired) electrons. The molecule has 0 unspecified atom stereocenters. The zero-order chi connectivity index (χ0) is 16.4. The van der Waals surface area contributed by atoms with Gasteiger partial charge in [-0.3, -0.25) is 9.69 Å². The standard InChI is InChI=1S/C17H15ClN2O2S/c1-3-20-16(21)15(10-12-9-8-11(2)22-12)23-17(20)19-14-7-5-4-6-13(14)18/h4-10H,3H2,1-2H3/b15-10+,19-17?. The molecule has 1 aliphatic heterocycles. The predicted molar refractivity (Wildman–Crippen MR) is 94.9 cm³/mol. The summed E-state index contributed by atoms with van der Waals surface area (Å²) in [5.74, 6) is 1.40. The second-order valence-electron chi connectivity index (χ2n) is 4.95. The van der Waals surface area contributed by atoms with Crippen LogP contribution in [0.5, 0.6) is 0 Å². The van der Waals surface area contributed by atoms with Crippen LogP contribution in [0.25, 0.3) is 6.08 Å². The zero-order valence-corrected chi connectivity index (χ0v) is 14.3. The highest BCUT2D eigenvalue weighted by Crippen LogP contribution is 2.35. The third-order valence-electron chi connectivity index (χ3n) is 3.31. The highest BCUT2D eigenvalue weighted by molar-refractivity contribution is 8.18. The number of likely N-dealkylation sites (N-methyl/N-ethyl adjacent to an activating group) is 1. The van der Waals surface area contributed by atoms with E-state index in [-0.39, 0.29) is 5.91 Å². The lowest BCUT2D eigenvalue weighted by Gasteiger charge is -2.12. The lowest BCUT2D eigenvalue weighted by atomic mass is 10.3. The van der Waals surface area contributed by atoms with Crippen LogP contribution in [0.3, 0.4) is 0 Å². The van der Waals surface area contributed by atoms with Crippen molar-refractivity contribution in [1.82, 2.24) is 4.90 Å². The fraction of sp³-hybridized carbons (Fsp3) is 0.176. The number of amides is 1. The maximum Gasteiger partial charge on any atom is 0.266 e. The van der Waals surface area contributed by atoms with E-state index in [0.29, 0.717) is 33.1 Å². The van der Waals surface area contributed by atoms with Gasteiger partial charge in [0.05, 0.1) is 15.6 Å². The molecular formula is C17H15ClN2O2S. The first-order valence-electron chi connectivity index (χ1n) is 7.19. The van der Waals surface area contributed by atoms with E-state index in [2.05, 4.69) is 4.99 Å². The fourth-order valence-electron chi connectivity index (χ4n) is 2.18. The molecule has 1 aromatic carbocycles. The third kappa shape index (κ3) is 3.35. The van der Waals surface area contributed by atoms with E-state index in [9.17, 15) is 4.79 Å². The summed E-state index contributed by atoms with van der Waals surface area (Å²) in [5, 5.41) is 1.18. The van der Waals surface area contributed by atoms with Crippen LogP contribution in [0, 0.1) is 6.92 Å². The minimum absolute atomic E-state index is 0.0719. The third-order valence-corrected chi connectivity index (χ3v) is 4.63. The van der Waals surface area contributed by atoms with E-state index in [1.54, 1.807) is 17.0 Å². The van der Waals surface area contributed by atoms with Gasteiger partial charge >= 0.3 is 0 Å². The molecule has 0 N–H and O–H groups in total. The number of hydrogen-bond donors (Lipinski definition) is 0. The normalized spacial score (nSPS) is 18.4. The SMILES string of the molecule is CCN1C(=O)/C(=C\c2ccc(C)o2)SC1=Nc1ccccc1Cl. The molecule has 1 amide bonds. The lowest BCUT2D eigenvalue weighted by molar-refractivity contribution is -0.122. The summed E-state index contributed by atoms with van der Waals surface area (Å²) in [4.78, 5) is 19.3. The average molecular weight is 347 g/mol. The number of amidine groups is 1. The fourth-order valence-corrected chi connectivity index (χ4v) is 3.39. The first-order chi connectivity index (χ1) is 11.1. The van der Waals surface area contributed by atoms with Gasteiger partial charge in [0.15, 0.2) is 5.17 Å². The molecule has 0 saturated carbocycles. The average Bonchev–Trinajstić information content (AvgIpc) is 3.06. The molecular weight excluding hydrogens is 332 g/mol. The van der Waals surface area contributed by atoms with Crippen LogP contribution in [-0.4, -0.2) is 22.5 Å². The molecule has 1 aromatic heterocycles. The van der Waals surface area contributed by atoms with Gasteiger partial charge in [0.2, 0.25) is 0 Å². The number of halogens is 1. The Morgan fingerprint density at radius 1 is 1.30 bits per heavy atom. The summed E-state index contributed by atoms with van der Waals surface area (Å²) < 4.78 is 5.51. The number of carbonyl (C=O) groups is 1. The van der Waals surface area contributed by atoms with Gasteiger partial charge in [-0.25, -0.2) is 4.99 Å². The molecule has 2 heterocycles. The first-order valence-corrected chi connectivity index (χ1v) is 8.39. The number of para-hydroxylation sites is 1. The van der Waals surface area contributed by atoms with Crippen molar-refractivity contribution in [3.63, 3.8) is 0 Å². The minimum Gasteiger partial charge on any atom is -0.462 e. The van der Waals surface area contributed by atoms with E-state index in [1.165, 1.54) is 11.8 Å². The van der Waals surface area contributed by atoms with E-state index in [4.69, 9.17) is 16.0 Å². The molecule has 0 bridgehead atoms. The van der Waals surface area contributed by atoms with E-state index in [1.807, 2.05) is 44.2 Å². The summed E-state index contributed by atoms with van der Waals surface area (Å²) in [5.41, 5.74) is 0.651. The molecule has 6 heteroatoms. The van der Waals surface area contributed by atoms with Crippen molar-refractivity contribution in [1.29, 1.82) is 0 Å².